The van der Waals surface area contributed by atoms with Gasteiger partial charge >= 0.3 is 5.97 Å². The van der Waals surface area contributed by atoms with Gasteiger partial charge in [0.2, 0.25) is 5.91 Å². The van der Waals surface area contributed by atoms with Crippen LogP contribution in [-0.4, -0.2) is 36.7 Å². The Kier molecular flexibility index (Phi) is 5.90. The van der Waals surface area contributed by atoms with Crippen molar-refractivity contribution in [2.24, 2.45) is 0 Å². The maximum absolute atomic E-state index is 12.4. The number of methoxy groups -OCH3 is 1. The molecule has 1 aromatic rings. The lowest BCUT2D eigenvalue weighted by Crippen LogP contribution is -2.50. The zero-order valence-corrected chi connectivity index (χ0v) is 13.0. The first kappa shape index (κ1) is 17.2. The quantitative estimate of drug-likeness (QED) is 0.803. The lowest BCUT2D eigenvalue weighted by molar-refractivity contribution is -0.144. The molecule has 0 aromatic heterocycles. The summed E-state index contributed by atoms with van der Waals surface area (Å²) in [7, 11) is 1.40. The van der Waals surface area contributed by atoms with Crippen molar-refractivity contribution in [1.29, 1.82) is 0 Å². The van der Waals surface area contributed by atoms with Crippen LogP contribution in [0.3, 0.4) is 0 Å². The number of aryl methyl sites for hydroxylation is 1. The minimum Gasteiger partial charge on any atom is -0.480 e. The Balaban J connectivity index is 2.89. The number of benzene rings is 1. The zero-order valence-electron chi connectivity index (χ0n) is 13.0. The molecular weight excluding hydrogens is 270 g/mol. The Morgan fingerprint density at radius 2 is 1.86 bits per heavy atom. The summed E-state index contributed by atoms with van der Waals surface area (Å²) in [6.07, 6.45) is 0.932. The monoisotopic (exact) mass is 293 g/mol. The third kappa shape index (κ3) is 4.29. The molecule has 0 aliphatic carbocycles. The molecule has 1 amide bonds. The minimum atomic E-state index is -1.11. The number of amides is 1. The molecule has 0 spiro atoms. The average molecular weight is 293 g/mol. The summed E-state index contributed by atoms with van der Waals surface area (Å²) in [5.74, 6) is -1.45. The van der Waals surface area contributed by atoms with Gasteiger partial charge in [0.1, 0.15) is 0 Å². The van der Waals surface area contributed by atoms with Gasteiger partial charge in [-0.25, -0.2) is 4.79 Å². The van der Waals surface area contributed by atoms with Crippen molar-refractivity contribution in [2.45, 2.75) is 38.6 Å². The average Bonchev–Trinajstić information content (AvgIpc) is 2.46. The number of hydrogen-bond donors (Lipinski definition) is 2. The molecule has 1 unspecified atom stereocenters. The highest BCUT2D eigenvalue weighted by Crippen LogP contribution is 2.24. The summed E-state index contributed by atoms with van der Waals surface area (Å²) in [6.45, 7) is 5.55. The summed E-state index contributed by atoms with van der Waals surface area (Å²) < 4.78 is 4.82. The van der Waals surface area contributed by atoms with Gasteiger partial charge in [-0.15, -0.1) is 0 Å². The van der Waals surface area contributed by atoms with Crippen molar-refractivity contribution in [2.75, 3.05) is 13.7 Å². The first-order chi connectivity index (χ1) is 9.82. The molecule has 0 saturated carbocycles. The van der Waals surface area contributed by atoms with Crippen LogP contribution < -0.4 is 5.32 Å². The maximum atomic E-state index is 12.4. The molecule has 2 N–H and O–H groups in total. The van der Waals surface area contributed by atoms with Crippen molar-refractivity contribution < 1.29 is 19.4 Å². The van der Waals surface area contributed by atoms with Crippen molar-refractivity contribution in [3.63, 3.8) is 0 Å². The Labute approximate surface area is 125 Å². The van der Waals surface area contributed by atoms with E-state index in [1.165, 1.54) is 12.7 Å². The van der Waals surface area contributed by atoms with E-state index in [-0.39, 0.29) is 12.5 Å². The fourth-order valence-electron chi connectivity index (χ4n) is 1.97. The molecule has 0 saturated heterocycles. The van der Waals surface area contributed by atoms with Gasteiger partial charge < -0.3 is 15.2 Å². The molecule has 116 valence electrons. The predicted molar refractivity (Wildman–Crippen MR) is 80.3 cm³/mol. The smallest absolute Gasteiger partial charge is 0.328 e. The Bertz CT molecular complexity index is 494. The van der Waals surface area contributed by atoms with Crippen molar-refractivity contribution in [3.8, 4) is 0 Å². The number of carbonyl (C=O) groups excluding carboxylic acids is 1. The van der Waals surface area contributed by atoms with Gasteiger partial charge in [-0.05, 0) is 31.4 Å². The molecule has 1 rings (SSSR count). The fourth-order valence-corrected chi connectivity index (χ4v) is 1.97. The second kappa shape index (κ2) is 7.22. The highest BCUT2D eigenvalue weighted by atomic mass is 16.5. The third-order valence-electron chi connectivity index (χ3n) is 3.59. The molecule has 5 heteroatoms. The number of ether oxygens (including phenoxy) is 1. The number of carbonyl (C=O) groups is 2. The minimum absolute atomic E-state index is 0.0636. The summed E-state index contributed by atoms with van der Waals surface area (Å²) in [6, 6.07) is 6.73. The predicted octanol–water partition coefficient (Wildman–Crippen LogP) is 1.74. The fraction of sp³-hybridized carbons (Fsp3) is 0.500. The third-order valence-corrected chi connectivity index (χ3v) is 3.59. The first-order valence-electron chi connectivity index (χ1n) is 6.95. The largest absolute Gasteiger partial charge is 0.480 e. The molecule has 21 heavy (non-hydrogen) atoms. The van der Waals surface area contributed by atoms with E-state index in [0.29, 0.717) is 0 Å². The summed E-state index contributed by atoms with van der Waals surface area (Å²) in [5, 5.41) is 11.6. The van der Waals surface area contributed by atoms with E-state index in [9.17, 15) is 9.59 Å². The van der Waals surface area contributed by atoms with Crippen LogP contribution in [0.2, 0.25) is 0 Å². The standard InChI is InChI=1S/C16H23NO4/c1-5-11-6-8-12(9-7-11)16(2,3)15(20)17-13(10-21-4)14(18)19/h6-9,13H,5,10H2,1-4H3,(H,17,20)(H,18,19). The number of carboxylic acids is 1. The normalized spacial score (nSPS) is 12.8. The molecule has 0 radical (unpaired) electrons. The van der Waals surface area contributed by atoms with E-state index in [0.717, 1.165) is 12.0 Å². The summed E-state index contributed by atoms with van der Waals surface area (Å²) in [5.41, 5.74) is 1.23. The number of rotatable bonds is 7. The van der Waals surface area contributed by atoms with E-state index >= 15 is 0 Å². The Morgan fingerprint density at radius 1 is 1.29 bits per heavy atom. The van der Waals surface area contributed by atoms with Crippen LogP contribution in [0, 0.1) is 0 Å². The van der Waals surface area contributed by atoms with Crippen LogP contribution in [0.1, 0.15) is 31.9 Å². The van der Waals surface area contributed by atoms with E-state index < -0.39 is 17.4 Å². The van der Waals surface area contributed by atoms with Crippen molar-refractivity contribution >= 4 is 11.9 Å². The van der Waals surface area contributed by atoms with E-state index in [1.54, 1.807) is 13.8 Å². The Morgan fingerprint density at radius 3 is 2.29 bits per heavy atom. The summed E-state index contributed by atoms with van der Waals surface area (Å²) in [4.78, 5) is 23.5. The number of hydrogen-bond acceptors (Lipinski definition) is 3. The molecule has 1 atom stereocenters. The molecule has 0 bridgehead atoms. The topological polar surface area (TPSA) is 75.6 Å². The number of carboxylic acid groups (broad SMARTS) is 1. The number of nitrogens with one attached hydrogen (secondary N) is 1. The van der Waals surface area contributed by atoms with Gasteiger partial charge in [0.05, 0.1) is 12.0 Å². The van der Waals surface area contributed by atoms with Crippen LogP contribution in [0.4, 0.5) is 0 Å². The summed E-state index contributed by atoms with van der Waals surface area (Å²) >= 11 is 0. The van der Waals surface area contributed by atoms with Gasteiger partial charge in [0, 0.05) is 7.11 Å². The second-order valence-corrected chi connectivity index (χ2v) is 5.50. The van der Waals surface area contributed by atoms with Crippen LogP contribution in [0.5, 0.6) is 0 Å². The molecule has 0 aliphatic rings. The Hall–Kier alpha value is -1.88. The molecular formula is C16H23NO4. The van der Waals surface area contributed by atoms with Gasteiger partial charge in [0.15, 0.2) is 6.04 Å². The zero-order chi connectivity index (χ0) is 16.0. The molecule has 0 heterocycles. The lowest BCUT2D eigenvalue weighted by atomic mass is 9.83. The lowest BCUT2D eigenvalue weighted by Gasteiger charge is -2.26. The van der Waals surface area contributed by atoms with Crippen LogP contribution in [0.25, 0.3) is 0 Å². The SMILES string of the molecule is CCc1ccc(C(C)(C)C(=O)NC(COC)C(=O)O)cc1. The van der Waals surface area contributed by atoms with Gasteiger partial charge in [-0.2, -0.15) is 0 Å². The van der Waals surface area contributed by atoms with Crippen molar-refractivity contribution in [3.05, 3.63) is 35.4 Å². The molecule has 5 nitrogen and oxygen atoms in total. The maximum Gasteiger partial charge on any atom is 0.328 e. The van der Waals surface area contributed by atoms with Crippen LogP contribution in [-0.2, 0) is 26.2 Å². The molecule has 1 aromatic carbocycles. The van der Waals surface area contributed by atoms with E-state index in [4.69, 9.17) is 9.84 Å². The van der Waals surface area contributed by atoms with Gasteiger partial charge in [0.25, 0.3) is 0 Å². The highest BCUT2D eigenvalue weighted by Gasteiger charge is 2.32. The van der Waals surface area contributed by atoms with Gasteiger partial charge in [-0.1, -0.05) is 31.2 Å². The van der Waals surface area contributed by atoms with Crippen LogP contribution >= 0.6 is 0 Å². The second-order valence-electron chi connectivity index (χ2n) is 5.50. The van der Waals surface area contributed by atoms with Gasteiger partial charge in [-0.3, -0.25) is 4.79 Å². The molecule has 0 aliphatic heterocycles. The molecule has 0 fully saturated rings. The first-order valence-corrected chi connectivity index (χ1v) is 6.95. The number of aliphatic carboxylic acids is 1. The van der Waals surface area contributed by atoms with Crippen LogP contribution in [0.15, 0.2) is 24.3 Å². The van der Waals surface area contributed by atoms with Crippen molar-refractivity contribution in [1.82, 2.24) is 5.32 Å². The highest BCUT2D eigenvalue weighted by molar-refractivity contribution is 5.90. The van der Waals surface area contributed by atoms with E-state index in [1.807, 2.05) is 24.3 Å². The van der Waals surface area contributed by atoms with E-state index in [2.05, 4.69) is 12.2 Å².